The molecule has 0 fully saturated rings. The molecule has 0 atom stereocenters. The molecule has 0 bridgehead atoms. The van der Waals surface area contributed by atoms with Crippen molar-refractivity contribution in [1.29, 1.82) is 0 Å². The van der Waals surface area contributed by atoms with Gasteiger partial charge in [0.25, 0.3) is 0 Å². The normalized spacial score (nSPS) is 12.4. The van der Waals surface area contributed by atoms with Crippen LogP contribution in [0.4, 0.5) is 9.18 Å². The fraction of sp³-hybridized carbons (Fsp3) is 0.538. The van der Waals surface area contributed by atoms with Crippen molar-refractivity contribution >= 4 is 12.1 Å². The molecule has 5 nitrogen and oxygen atoms in total. The van der Waals surface area contributed by atoms with E-state index in [0.717, 1.165) is 18.2 Å². The molecule has 0 aromatic heterocycles. The summed E-state index contributed by atoms with van der Waals surface area (Å²) < 4.78 is 22.7. The second-order valence-corrected chi connectivity index (χ2v) is 4.56. The smallest absolute Gasteiger partial charge is 0.407 e. The first kappa shape index (κ1) is 17.2. The van der Waals surface area contributed by atoms with Crippen LogP contribution in [0.5, 0.6) is 0 Å². The van der Waals surface area contributed by atoms with Gasteiger partial charge in [-0.1, -0.05) is 0 Å². The minimum absolute atomic E-state index is 0.0338. The van der Waals surface area contributed by atoms with Gasteiger partial charge in [0.15, 0.2) is 0 Å². The second-order valence-electron chi connectivity index (χ2n) is 4.56. The molecule has 1 N–H and O–H groups in total. The van der Waals surface area contributed by atoms with Crippen LogP contribution in [0, 0.1) is 0 Å². The van der Waals surface area contributed by atoms with Crippen molar-refractivity contribution in [3.05, 3.63) is 24.1 Å². The highest BCUT2D eigenvalue weighted by Crippen LogP contribution is 2.06. The molecule has 0 spiro atoms. The number of allylic oxidation sites excluding steroid dienone is 2. The monoisotopic (exact) mass is 273 g/mol. The van der Waals surface area contributed by atoms with Crippen LogP contribution in [0.3, 0.4) is 0 Å². The third-order valence-electron chi connectivity index (χ3n) is 1.61. The Morgan fingerprint density at radius 1 is 1.26 bits per heavy atom. The van der Waals surface area contributed by atoms with Gasteiger partial charge in [-0.15, -0.1) is 0 Å². The van der Waals surface area contributed by atoms with Crippen LogP contribution in [-0.4, -0.2) is 30.8 Å². The quantitative estimate of drug-likeness (QED) is 0.475. The van der Waals surface area contributed by atoms with Gasteiger partial charge >= 0.3 is 12.1 Å². The van der Waals surface area contributed by atoms with E-state index in [1.54, 1.807) is 27.7 Å². The van der Waals surface area contributed by atoms with Crippen molar-refractivity contribution < 1.29 is 23.5 Å². The summed E-state index contributed by atoms with van der Waals surface area (Å²) in [7, 11) is 0. The standard InChI is InChI=1S/C13H20FNO4/c1-5-18-11(16)7-6-10(14)8-9-15-12(17)19-13(2,3)4/h6-8H,5,9H2,1-4H3,(H,15,17)/b7-6+,10-8-. The molecule has 19 heavy (non-hydrogen) atoms. The van der Waals surface area contributed by atoms with Gasteiger partial charge in [0, 0.05) is 12.6 Å². The lowest BCUT2D eigenvalue weighted by Crippen LogP contribution is -2.32. The Morgan fingerprint density at radius 3 is 2.42 bits per heavy atom. The lowest BCUT2D eigenvalue weighted by molar-refractivity contribution is -0.137. The number of carbonyl (C=O) groups excluding carboxylic acids is 2. The zero-order valence-electron chi connectivity index (χ0n) is 11.7. The zero-order valence-corrected chi connectivity index (χ0v) is 11.7. The lowest BCUT2D eigenvalue weighted by atomic mass is 10.2. The Balaban J connectivity index is 4.06. The van der Waals surface area contributed by atoms with E-state index in [1.807, 2.05) is 0 Å². The molecular formula is C13H20FNO4. The number of hydrogen-bond donors (Lipinski definition) is 1. The average molecular weight is 273 g/mol. The van der Waals surface area contributed by atoms with Gasteiger partial charge in [-0.3, -0.25) is 0 Å². The predicted molar refractivity (Wildman–Crippen MR) is 69.2 cm³/mol. The fourth-order valence-electron chi connectivity index (χ4n) is 0.952. The fourth-order valence-corrected chi connectivity index (χ4v) is 0.952. The van der Waals surface area contributed by atoms with Crippen LogP contribution >= 0.6 is 0 Å². The number of halogens is 1. The van der Waals surface area contributed by atoms with Crippen molar-refractivity contribution in [2.75, 3.05) is 13.2 Å². The highest BCUT2D eigenvalue weighted by molar-refractivity contribution is 5.82. The van der Waals surface area contributed by atoms with E-state index >= 15 is 0 Å². The van der Waals surface area contributed by atoms with Gasteiger partial charge in [0.2, 0.25) is 0 Å². The van der Waals surface area contributed by atoms with Crippen molar-refractivity contribution in [2.45, 2.75) is 33.3 Å². The average Bonchev–Trinajstić information content (AvgIpc) is 2.24. The Kier molecular flexibility index (Phi) is 7.48. The number of hydrogen-bond acceptors (Lipinski definition) is 4. The molecule has 6 heteroatoms. The molecule has 0 unspecified atom stereocenters. The lowest BCUT2D eigenvalue weighted by Gasteiger charge is -2.19. The van der Waals surface area contributed by atoms with Crippen molar-refractivity contribution in [3.63, 3.8) is 0 Å². The van der Waals surface area contributed by atoms with E-state index in [4.69, 9.17) is 4.74 Å². The summed E-state index contributed by atoms with van der Waals surface area (Å²) in [6.45, 7) is 7.03. The van der Waals surface area contributed by atoms with Crippen LogP contribution in [0.25, 0.3) is 0 Å². The molecule has 0 saturated heterocycles. The van der Waals surface area contributed by atoms with Crippen molar-refractivity contribution in [2.24, 2.45) is 0 Å². The number of esters is 1. The van der Waals surface area contributed by atoms with Crippen LogP contribution < -0.4 is 5.32 Å². The summed E-state index contributed by atoms with van der Waals surface area (Å²) in [6.07, 6.45) is 2.42. The number of nitrogens with one attached hydrogen (secondary N) is 1. The van der Waals surface area contributed by atoms with Crippen LogP contribution in [0.2, 0.25) is 0 Å². The number of ether oxygens (including phenoxy) is 2. The van der Waals surface area contributed by atoms with E-state index in [1.165, 1.54) is 0 Å². The number of alkyl carbamates (subject to hydrolysis) is 1. The van der Waals surface area contributed by atoms with E-state index in [9.17, 15) is 14.0 Å². The third-order valence-corrected chi connectivity index (χ3v) is 1.61. The Labute approximate surface area is 112 Å². The van der Waals surface area contributed by atoms with Gasteiger partial charge in [0.05, 0.1) is 6.61 Å². The molecule has 1 amide bonds. The number of amides is 1. The molecule has 108 valence electrons. The molecule has 0 aromatic carbocycles. The Bertz CT molecular complexity index is 369. The summed E-state index contributed by atoms with van der Waals surface area (Å²) in [5.41, 5.74) is -0.601. The maximum Gasteiger partial charge on any atom is 0.407 e. The molecule has 0 radical (unpaired) electrons. The molecule has 0 aliphatic rings. The maximum atomic E-state index is 13.2. The summed E-state index contributed by atoms with van der Waals surface area (Å²) in [4.78, 5) is 22.1. The summed E-state index contributed by atoms with van der Waals surface area (Å²) in [5.74, 6) is -1.27. The maximum absolute atomic E-state index is 13.2. The number of rotatable bonds is 5. The topological polar surface area (TPSA) is 64.6 Å². The largest absolute Gasteiger partial charge is 0.463 e. The molecule has 0 heterocycles. The second kappa shape index (κ2) is 8.29. The van der Waals surface area contributed by atoms with Crippen LogP contribution in [0.15, 0.2) is 24.1 Å². The predicted octanol–water partition coefficient (Wildman–Crippen LogP) is 2.48. The van der Waals surface area contributed by atoms with Gasteiger partial charge < -0.3 is 14.8 Å². The first-order valence-electron chi connectivity index (χ1n) is 5.92. The minimum Gasteiger partial charge on any atom is -0.463 e. The van der Waals surface area contributed by atoms with Gasteiger partial charge in [0.1, 0.15) is 11.4 Å². The van der Waals surface area contributed by atoms with Crippen molar-refractivity contribution in [1.82, 2.24) is 5.32 Å². The zero-order chi connectivity index (χ0) is 14.9. The molecule has 0 aliphatic heterocycles. The highest BCUT2D eigenvalue weighted by Gasteiger charge is 2.15. The van der Waals surface area contributed by atoms with Crippen LogP contribution in [-0.2, 0) is 14.3 Å². The first-order chi connectivity index (χ1) is 8.74. The molecule has 0 rings (SSSR count). The van der Waals surface area contributed by atoms with Gasteiger partial charge in [-0.25, -0.2) is 14.0 Å². The van der Waals surface area contributed by atoms with E-state index < -0.39 is 23.5 Å². The van der Waals surface area contributed by atoms with Gasteiger partial charge in [-0.05, 0) is 39.8 Å². The highest BCUT2D eigenvalue weighted by atomic mass is 19.1. The Morgan fingerprint density at radius 2 is 1.89 bits per heavy atom. The molecule has 0 aromatic rings. The van der Waals surface area contributed by atoms with E-state index in [2.05, 4.69) is 10.1 Å². The number of carbonyl (C=O) groups is 2. The molecule has 0 aliphatic carbocycles. The first-order valence-corrected chi connectivity index (χ1v) is 5.92. The van der Waals surface area contributed by atoms with Gasteiger partial charge in [-0.2, -0.15) is 0 Å². The SMILES string of the molecule is CCOC(=O)/C=C/C(F)=C/CNC(=O)OC(C)(C)C. The van der Waals surface area contributed by atoms with E-state index in [0.29, 0.717) is 0 Å². The van der Waals surface area contributed by atoms with Crippen molar-refractivity contribution in [3.8, 4) is 0 Å². The van der Waals surface area contributed by atoms with E-state index in [-0.39, 0.29) is 13.2 Å². The molecular weight excluding hydrogens is 253 g/mol. The third kappa shape index (κ3) is 11.0. The minimum atomic E-state index is -0.649. The Hall–Kier alpha value is -1.85. The summed E-state index contributed by atoms with van der Waals surface area (Å²) in [6, 6.07) is 0. The summed E-state index contributed by atoms with van der Waals surface area (Å²) >= 11 is 0. The summed E-state index contributed by atoms with van der Waals surface area (Å²) in [5, 5.41) is 2.36. The molecule has 0 saturated carbocycles. The van der Waals surface area contributed by atoms with Crippen LogP contribution in [0.1, 0.15) is 27.7 Å².